The fourth-order valence-electron chi connectivity index (χ4n) is 2.85. The van der Waals surface area contributed by atoms with E-state index in [1.165, 1.54) is 13.3 Å². The molecule has 5 heteroatoms. The molecule has 0 radical (unpaired) electrons. The highest BCUT2D eigenvalue weighted by Crippen LogP contribution is 2.23. The minimum absolute atomic E-state index is 0.0985. The van der Waals surface area contributed by atoms with Gasteiger partial charge in [-0.15, -0.1) is 0 Å². The van der Waals surface area contributed by atoms with Crippen molar-refractivity contribution in [3.8, 4) is 0 Å². The Morgan fingerprint density at radius 1 is 1.32 bits per heavy atom. The topological polar surface area (TPSA) is 61.4 Å². The largest absolute Gasteiger partial charge is 0.376 e. The van der Waals surface area contributed by atoms with Crippen LogP contribution < -0.4 is 10.6 Å². The molecule has 120 valence electrons. The Kier molecular flexibility index (Phi) is 5.41. The Labute approximate surface area is 132 Å². The predicted molar refractivity (Wildman–Crippen MR) is 89.0 cm³/mol. The van der Waals surface area contributed by atoms with E-state index in [0.29, 0.717) is 5.92 Å². The second-order valence-corrected chi connectivity index (χ2v) is 6.10. The van der Waals surface area contributed by atoms with Crippen LogP contribution in [0.1, 0.15) is 32.3 Å². The van der Waals surface area contributed by atoms with E-state index in [9.17, 15) is 9.59 Å². The molecule has 0 bridgehead atoms. The Bertz CT molecular complexity index is 557. The van der Waals surface area contributed by atoms with Gasteiger partial charge in [-0.05, 0) is 43.4 Å². The molecule has 1 fully saturated rings. The summed E-state index contributed by atoms with van der Waals surface area (Å²) < 4.78 is 0. The van der Waals surface area contributed by atoms with Crippen LogP contribution in [0.25, 0.3) is 0 Å². The van der Waals surface area contributed by atoms with E-state index in [1.54, 1.807) is 0 Å². The third-order valence-corrected chi connectivity index (χ3v) is 4.08. The highest BCUT2D eigenvalue weighted by molar-refractivity contribution is 5.91. The number of anilines is 2. The summed E-state index contributed by atoms with van der Waals surface area (Å²) in [6, 6.07) is 5.65. The highest BCUT2D eigenvalue weighted by atomic mass is 16.2. The molecule has 1 aromatic rings. The molecule has 1 saturated heterocycles. The zero-order chi connectivity index (χ0) is 16.1. The number of nitrogens with one attached hydrogen (secondary N) is 2. The molecular weight excluding hydrogens is 278 g/mol. The van der Waals surface area contributed by atoms with Crippen LogP contribution in [0.3, 0.4) is 0 Å². The van der Waals surface area contributed by atoms with E-state index in [1.807, 2.05) is 30.0 Å². The summed E-state index contributed by atoms with van der Waals surface area (Å²) in [5.74, 6) is 0.622. The summed E-state index contributed by atoms with van der Waals surface area (Å²) in [5, 5.41) is 5.99. The van der Waals surface area contributed by atoms with Crippen molar-refractivity contribution < 1.29 is 9.59 Å². The van der Waals surface area contributed by atoms with E-state index in [-0.39, 0.29) is 18.4 Å². The molecular formula is C17H25N3O2. The van der Waals surface area contributed by atoms with Gasteiger partial charge in [0.05, 0.1) is 6.54 Å². The van der Waals surface area contributed by atoms with Crippen molar-refractivity contribution in [2.45, 2.75) is 33.6 Å². The van der Waals surface area contributed by atoms with E-state index in [2.05, 4.69) is 17.6 Å². The maximum Gasteiger partial charge on any atom is 0.241 e. The van der Waals surface area contributed by atoms with Crippen molar-refractivity contribution >= 4 is 23.2 Å². The van der Waals surface area contributed by atoms with Crippen molar-refractivity contribution in [1.82, 2.24) is 4.90 Å². The average molecular weight is 303 g/mol. The molecule has 0 spiro atoms. The molecule has 1 atom stereocenters. The van der Waals surface area contributed by atoms with Crippen molar-refractivity contribution in [2.24, 2.45) is 5.92 Å². The zero-order valence-corrected chi connectivity index (χ0v) is 13.6. The Hall–Kier alpha value is -2.04. The number of piperidine rings is 1. The first-order valence-corrected chi connectivity index (χ1v) is 7.86. The van der Waals surface area contributed by atoms with Gasteiger partial charge in [-0.3, -0.25) is 9.59 Å². The zero-order valence-electron chi connectivity index (χ0n) is 13.6. The minimum atomic E-state index is -0.0985. The minimum Gasteiger partial charge on any atom is -0.376 e. The van der Waals surface area contributed by atoms with Crippen molar-refractivity contribution in [3.63, 3.8) is 0 Å². The number of hydrogen-bond acceptors (Lipinski definition) is 3. The number of likely N-dealkylation sites (tertiary alicyclic amines) is 1. The lowest BCUT2D eigenvalue weighted by Crippen LogP contribution is -2.42. The van der Waals surface area contributed by atoms with E-state index in [0.717, 1.165) is 36.4 Å². The van der Waals surface area contributed by atoms with Gasteiger partial charge in [0.1, 0.15) is 0 Å². The monoisotopic (exact) mass is 303 g/mol. The molecule has 2 N–H and O–H groups in total. The second-order valence-electron chi connectivity index (χ2n) is 6.10. The van der Waals surface area contributed by atoms with Crippen LogP contribution in [0.5, 0.6) is 0 Å². The molecule has 1 unspecified atom stereocenters. The van der Waals surface area contributed by atoms with Gasteiger partial charge >= 0.3 is 0 Å². The lowest BCUT2D eigenvalue weighted by atomic mass is 10.0. The first kappa shape index (κ1) is 16.3. The molecule has 1 heterocycles. The predicted octanol–water partition coefficient (Wildman–Crippen LogP) is 2.62. The Morgan fingerprint density at radius 3 is 2.73 bits per heavy atom. The molecule has 22 heavy (non-hydrogen) atoms. The van der Waals surface area contributed by atoms with Gasteiger partial charge in [0, 0.05) is 31.4 Å². The lowest BCUT2D eigenvalue weighted by molar-refractivity contribution is -0.131. The number of carbonyl (C=O) groups is 2. The summed E-state index contributed by atoms with van der Waals surface area (Å²) >= 11 is 0. The number of nitrogens with zero attached hydrogens (tertiary/aromatic N) is 1. The third kappa shape index (κ3) is 4.23. The summed E-state index contributed by atoms with van der Waals surface area (Å²) in [7, 11) is 0. The quantitative estimate of drug-likeness (QED) is 0.899. The first-order valence-electron chi connectivity index (χ1n) is 7.86. The van der Waals surface area contributed by atoms with Gasteiger partial charge in [-0.25, -0.2) is 0 Å². The van der Waals surface area contributed by atoms with Crippen LogP contribution in [0.15, 0.2) is 18.2 Å². The van der Waals surface area contributed by atoms with Gasteiger partial charge < -0.3 is 15.5 Å². The van der Waals surface area contributed by atoms with Gasteiger partial charge in [0.15, 0.2) is 0 Å². The van der Waals surface area contributed by atoms with E-state index in [4.69, 9.17) is 0 Å². The number of benzene rings is 1. The molecule has 5 nitrogen and oxygen atoms in total. The number of carbonyl (C=O) groups excluding carboxylic acids is 2. The van der Waals surface area contributed by atoms with Crippen LogP contribution in [-0.2, 0) is 9.59 Å². The van der Waals surface area contributed by atoms with Gasteiger partial charge in [0.25, 0.3) is 0 Å². The molecule has 2 rings (SSSR count). The molecule has 1 aliphatic rings. The first-order chi connectivity index (χ1) is 10.5. The number of hydrogen-bond donors (Lipinski definition) is 2. The fourth-order valence-corrected chi connectivity index (χ4v) is 2.85. The normalized spacial score (nSPS) is 18.0. The van der Waals surface area contributed by atoms with Gasteiger partial charge in [-0.1, -0.05) is 13.0 Å². The number of amides is 2. The molecule has 0 aromatic heterocycles. The maximum absolute atomic E-state index is 12.3. The summed E-state index contributed by atoms with van der Waals surface area (Å²) in [5.41, 5.74) is 2.60. The lowest BCUT2D eigenvalue weighted by Gasteiger charge is -2.31. The maximum atomic E-state index is 12.3. The van der Waals surface area contributed by atoms with Crippen molar-refractivity contribution in [2.75, 3.05) is 30.3 Å². The second kappa shape index (κ2) is 7.29. The molecule has 2 amide bonds. The van der Waals surface area contributed by atoms with E-state index < -0.39 is 0 Å². The molecule has 0 saturated carbocycles. The van der Waals surface area contributed by atoms with Crippen LogP contribution in [0.4, 0.5) is 11.4 Å². The Balaban J connectivity index is 1.96. The molecule has 1 aromatic carbocycles. The summed E-state index contributed by atoms with van der Waals surface area (Å²) in [6.07, 6.45) is 2.29. The smallest absolute Gasteiger partial charge is 0.241 e. The van der Waals surface area contributed by atoms with Gasteiger partial charge in [-0.2, -0.15) is 0 Å². The highest BCUT2D eigenvalue weighted by Gasteiger charge is 2.20. The molecule has 1 aliphatic heterocycles. The van der Waals surface area contributed by atoms with E-state index >= 15 is 0 Å². The molecule has 0 aliphatic carbocycles. The van der Waals surface area contributed by atoms with Crippen LogP contribution in [0, 0.1) is 12.8 Å². The Morgan fingerprint density at radius 2 is 2.05 bits per heavy atom. The van der Waals surface area contributed by atoms with Crippen LogP contribution in [0.2, 0.25) is 0 Å². The average Bonchev–Trinajstić information content (AvgIpc) is 2.47. The summed E-state index contributed by atoms with van der Waals surface area (Å²) in [6.45, 7) is 7.60. The van der Waals surface area contributed by atoms with Gasteiger partial charge in [0.2, 0.25) is 11.8 Å². The fraction of sp³-hybridized carbons (Fsp3) is 0.529. The van der Waals surface area contributed by atoms with Crippen LogP contribution >= 0.6 is 0 Å². The summed E-state index contributed by atoms with van der Waals surface area (Å²) in [4.78, 5) is 25.4. The number of rotatable bonds is 4. The van der Waals surface area contributed by atoms with Crippen molar-refractivity contribution in [1.29, 1.82) is 0 Å². The van der Waals surface area contributed by atoms with Crippen LogP contribution in [-0.4, -0.2) is 36.3 Å². The van der Waals surface area contributed by atoms with Crippen molar-refractivity contribution in [3.05, 3.63) is 23.8 Å². The SMILES string of the molecule is CC(=O)Nc1cccc(NCC(=O)N2CCCC(C)C2)c1C. The standard InChI is InChI=1S/C17H25N3O2/c1-12-6-5-9-20(11-12)17(22)10-18-15-7-4-8-16(13(15)2)19-14(3)21/h4,7-8,12,18H,5-6,9-11H2,1-3H3,(H,19,21). The third-order valence-electron chi connectivity index (χ3n) is 4.08.